The molecule has 1 aromatic carbocycles. The number of nitro groups is 1. The second-order valence-electron chi connectivity index (χ2n) is 2.90. The zero-order valence-electron chi connectivity index (χ0n) is 9.18. The Hall–Kier alpha value is -3.10. The van der Waals surface area contributed by atoms with Gasteiger partial charge in [0.2, 0.25) is 5.78 Å². The number of aliphatic carboxylic acids is 2. The summed E-state index contributed by atoms with van der Waals surface area (Å²) in [6.45, 7) is 0. The van der Waals surface area contributed by atoms with E-state index in [1.165, 1.54) is 24.3 Å². The number of ketones is 1. The lowest BCUT2D eigenvalue weighted by Gasteiger charge is -1.92. The van der Waals surface area contributed by atoms with Crippen LogP contribution in [-0.2, 0) is 14.4 Å². The van der Waals surface area contributed by atoms with Crippen LogP contribution >= 0.6 is 0 Å². The molecule has 2 N–H and O–H groups in total. The summed E-state index contributed by atoms with van der Waals surface area (Å²) in [4.78, 5) is 48.6. The Labute approximate surface area is 105 Å². The van der Waals surface area contributed by atoms with E-state index in [2.05, 4.69) is 0 Å². The van der Waals surface area contributed by atoms with Gasteiger partial charge in [-0.05, 0) is 12.1 Å². The summed E-state index contributed by atoms with van der Waals surface area (Å²) in [7, 11) is 0. The summed E-state index contributed by atoms with van der Waals surface area (Å²) in [6, 6.07) is 4.84. The van der Waals surface area contributed by atoms with Crippen molar-refractivity contribution in [3.63, 3.8) is 0 Å². The van der Waals surface area contributed by atoms with Crippen LogP contribution in [0.15, 0.2) is 24.3 Å². The smallest absolute Gasteiger partial charge is 0.414 e. The van der Waals surface area contributed by atoms with Gasteiger partial charge in [0.25, 0.3) is 5.69 Å². The summed E-state index contributed by atoms with van der Waals surface area (Å²) in [5.74, 6) is -4.33. The molecule has 0 aromatic heterocycles. The summed E-state index contributed by atoms with van der Waals surface area (Å²) in [6.07, 6.45) is 0.168. The average Bonchev–Trinajstić information content (AvgIpc) is 2.38. The third kappa shape index (κ3) is 5.68. The van der Waals surface area contributed by atoms with Crippen molar-refractivity contribution in [3.05, 3.63) is 39.9 Å². The lowest BCUT2D eigenvalue weighted by Crippen LogP contribution is -2.09. The predicted molar refractivity (Wildman–Crippen MR) is 58.8 cm³/mol. The first-order valence-corrected chi connectivity index (χ1v) is 4.49. The standard InChI is InChI=1S/C8H5NO4.C2H2O4/c10-5-8(11)6-1-3-7(4-2-6)9(12)13;3-1(4)2(5)6/h1-5H;(H,3,4)(H,5,6). The zero-order chi connectivity index (χ0) is 15.0. The molecule has 0 saturated heterocycles. The van der Waals surface area contributed by atoms with E-state index in [1.807, 2.05) is 0 Å². The van der Waals surface area contributed by atoms with E-state index in [0.717, 1.165) is 0 Å². The molecule has 0 fully saturated rings. The van der Waals surface area contributed by atoms with Gasteiger partial charge in [0, 0.05) is 17.7 Å². The highest BCUT2D eigenvalue weighted by molar-refractivity contribution is 6.33. The number of carbonyl (C=O) groups excluding carboxylic acids is 2. The van der Waals surface area contributed by atoms with E-state index >= 15 is 0 Å². The molecule has 0 radical (unpaired) electrons. The van der Waals surface area contributed by atoms with E-state index < -0.39 is 22.6 Å². The van der Waals surface area contributed by atoms with E-state index in [1.54, 1.807) is 0 Å². The van der Waals surface area contributed by atoms with Crippen LogP contribution in [-0.4, -0.2) is 39.1 Å². The molecule has 0 saturated carbocycles. The zero-order valence-corrected chi connectivity index (χ0v) is 9.18. The third-order valence-electron chi connectivity index (χ3n) is 1.65. The molecule has 0 aliphatic heterocycles. The first-order chi connectivity index (χ1) is 8.79. The molecule has 9 heteroatoms. The van der Waals surface area contributed by atoms with Crippen LogP contribution in [0.2, 0.25) is 0 Å². The molecule has 0 unspecified atom stereocenters. The fourth-order valence-electron chi connectivity index (χ4n) is 0.815. The average molecular weight is 269 g/mol. The number of benzene rings is 1. The summed E-state index contributed by atoms with van der Waals surface area (Å²) < 4.78 is 0. The SMILES string of the molecule is O=C(O)C(=O)O.O=CC(=O)c1ccc([N+](=O)[O-])cc1. The van der Waals surface area contributed by atoms with Crippen molar-refractivity contribution in [2.75, 3.05) is 0 Å². The number of hydrogen-bond donors (Lipinski definition) is 2. The highest BCUT2D eigenvalue weighted by Gasteiger charge is 2.07. The monoisotopic (exact) mass is 269 g/mol. The van der Waals surface area contributed by atoms with Gasteiger partial charge in [0.05, 0.1) is 4.92 Å². The molecular formula is C10H7NO8. The molecule has 0 heterocycles. The topological polar surface area (TPSA) is 152 Å². The molecule has 0 spiro atoms. The number of carboxylic acid groups (broad SMARTS) is 2. The number of nitrogens with zero attached hydrogens (tertiary/aromatic N) is 1. The summed E-state index contributed by atoms with van der Waals surface area (Å²) >= 11 is 0. The number of aldehydes is 1. The highest BCUT2D eigenvalue weighted by Crippen LogP contribution is 2.11. The van der Waals surface area contributed by atoms with E-state index in [9.17, 15) is 19.7 Å². The van der Waals surface area contributed by atoms with Crippen molar-refractivity contribution in [2.45, 2.75) is 0 Å². The molecule has 1 aromatic rings. The second kappa shape index (κ2) is 7.27. The lowest BCUT2D eigenvalue weighted by molar-refractivity contribution is -0.384. The Morgan fingerprint density at radius 2 is 1.47 bits per heavy atom. The van der Waals surface area contributed by atoms with Gasteiger partial charge in [-0.3, -0.25) is 19.7 Å². The molecule has 0 atom stereocenters. The van der Waals surface area contributed by atoms with Gasteiger partial charge in [-0.1, -0.05) is 0 Å². The van der Waals surface area contributed by atoms with Gasteiger partial charge in [0.15, 0.2) is 6.29 Å². The van der Waals surface area contributed by atoms with Crippen LogP contribution in [0.4, 0.5) is 5.69 Å². The van der Waals surface area contributed by atoms with E-state index in [4.69, 9.17) is 19.8 Å². The molecule has 19 heavy (non-hydrogen) atoms. The Morgan fingerprint density at radius 3 is 1.74 bits per heavy atom. The minimum atomic E-state index is -1.82. The minimum Gasteiger partial charge on any atom is -0.473 e. The van der Waals surface area contributed by atoms with E-state index in [-0.39, 0.29) is 17.5 Å². The van der Waals surface area contributed by atoms with Gasteiger partial charge in [-0.25, -0.2) is 9.59 Å². The Kier molecular flexibility index (Phi) is 6.08. The number of non-ortho nitro benzene ring substituents is 1. The van der Waals surface area contributed by atoms with Crippen LogP contribution in [0.5, 0.6) is 0 Å². The number of carboxylic acids is 2. The van der Waals surface area contributed by atoms with Crippen LogP contribution in [0.25, 0.3) is 0 Å². The van der Waals surface area contributed by atoms with E-state index in [0.29, 0.717) is 0 Å². The normalized spacial score (nSPS) is 8.63. The number of Topliss-reactive ketones (excluding diaryl/α,β-unsaturated/α-hetero) is 1. The maximum Gasteiger partial charge on any atom is 0.414 e. The second-order valence-corrected chi connectivity index (χ2v) is 2.90. The number of rotatable bonds is 3. The molecule has 0 aliphatic carbocycles. The first-order valence-electron chi connectivity index (χ1n) is 4.49. The maximum absolute atomic E-state index is 10.8. The number of nitro benzene ring substituents is 1. The number of hydrogen-bond acceptors (Lipinski definition) is 6. The largest absolute Gasteiger partial charge is 0.473 e. The molecule has 0 bridgehead atoms. The van der Waals surface area contributed by atoms with Crippen molar-refractivity contribution in [1.29, 1.82) is 0 Å². The summed E-state index contributed by atoms with van der Waals surface area (Å²) in [5, 5.41) is 25.0. The Balaban J connectivity index is 0.000000459. The van der Waals surface area contributed by atoms with Gasteiger partial charge in [0.1, 0.15) is 0 Å². The van der Waals surface area contributed by atoms with Crippen LogP contribution in [0.1, 0.15) is 10.4 Å². The van der Waals surface area contributed by atoms with Crippen LogP contribution < -0.4 is 0 Å². The van der Waals surface area contributed by atoms with Crippen molar-refractivity contribution in [3.8, 4) is 0 Å². The quantitative estimate of drug-likeness (QED) is 0.258. The molecule has 0 aliphatic rings. The van der Waals surface area contributed by atoms with Crippen molar-refractivity contribution in [2.24, 2.45) is 0 Å². The Bertz CT molecular complexity index is 507. The lowest BCUT2D eigenvalue weighted by atomic mass is 10.1. The third-order valence-corrected chi connectivity index (χ3v) is 1.65. The fraction of sp³-hybridized carbons (Fsp3) is 0. The van der Waals surface area contributed by atoms with Crippen LogP contribution in [0.3, 0.4) is 0 Å². The molecule has 9 nitrogen and oxygen atoms in total. The van der Waals surface area contributed by atoms with Gasteiger partial charge in [-0.2, -0.15) is 0 Å². The molecule has 1 rings (SSSR count). The van der Waals surface area contributed by atoms with Gasteiger partial charge >= 0.3 is 11.9 Å². The van der Waals surface area contributed by atoms with Crippen molar-refractivity contribution < 1.29 is 34.3 Å². The minimum absolute atomic E-state index is 0.109. The van der Waals surface area contributed by atoms with Gasteiger partial charge < -0.3 is 10.2 Å². The molecule has 100 valence electrons. The number of carbonyl (C=O) groups is 4. The maximum atomic E-state index is 10.8. The van der Waals surface area contributed by atoms with Crippen molar-refractivity contribution in [1.82, 2.24) is 0 Å². The van der Waals surface area contributed by atoms with Crippen molar-refractivity contribution >= 4 is 29.7 Å². The first kappa shape index (κ1) is 15.9. The van der Waals surface area contributed by atoms with Gasteiger partial charge in [-0.15, -0.1) is 0 Å². The molecule has 0 amide bonds. The summed E-state index contributed by atoms with van der Waals surface area (Å²) in [5.41, 5.74) is 0.0445. The molecular weight excluding hydrogens is 262 g/mol. The fourth-order valence-corrected chi connectivity index (χ4v) is 0.815. The Morgan fingerprint density at radius 1 is 1.05 bits per heavy atom. The predicted octanol–water partition coefficient (Wildman–Crippen LogP) is 0.132. The van der Waals surface area contributed by atoms with Crippen LogP contribution in [0, 0.1) is 10.1 Å². The highest BCUT2D eigenvalue weighted by atomic mass is 16.6.